The lowest BCUT2D eigenvalue weighted by Crippen LogP contribution is -2.46. The van der Waals surface area contributed by atoms with Gasteiger partial charge in [0.05, 0.1) is 5.56 Å². The van der Waals surface area contributed by atoms with Crippen molar-refractivity contribution in [3.63, 3.8) is 0 Å². The second-order valence-corrected chi connectivity index (χ2v) is 9.12. The highest BCUT2D eigenvalue weighted by atomic mass is 19.4. The number of ether oxygens (including phenoxy) is 1. The van der Waals surface area contributed by atoms with Crippen LogP contribution in [0.3, 0.4) is 0 Å². The van der Waals surface area contributed by atoms with E-state index in [0.717, 1.165) is 18.9 Å². The third-order valence-corrected chi connectivity index (χ3v) is 5.88. The molecule has 1 aliphatic heterocycles. The summed E-state index contributed by atoms with van der Waals surface area (Å²) < 4.78 is 45.8. The van der Waals surface area contributed by atoms with E-state index in [1.165, 1.54) is 12.1 Å². The first-order valence-electron chi connectivity index (χ1n) is 12.0. The molecule has 0 bridgehead atoms. The van der Waals surface area contributed by atoms with Gasteiger partial charge in [0.25, 0.3) is 0 Å². The molecule has 0 spiro atoms. The fourth-order valence-corrected chi connectivity index (χ4v) is 3.86. The number of hydrogen-bond donors (Lipinski definition) is 1. The van der Waals surface area contributed by atoms with E-state index in [9.17, 15) is 18.0 Å². The van der Waals surface area contributed by atoms with E-state index < -0.39 is 17.3 Å². The van der Waals surface area contributed by atoms with Crippen molar-refractivity contribution in [2.24, 2.45) is 4.99 Å². The SMILES string of the molecule is CCCCNC(=O)C(C)(C)/N=C(\c1ccccn1)N1CCC(Oc2ccccc2C(F)(F)F)CC1. The third kappa shape index (κ3) is 7.19. The fraction of sp³-hybridized carbons (Fsp3) is 0.500. The molecule has 35 heavy (non-hydrogen) atoms. The molecule has 6 nitrogen and oxygen atoms in total. The van der Waals surface area contributed by atoms with Gasteiger partial charge in [-0.25, -0.2) is 0 Å². The number of rotatable bonds is 8. The number of halogens is 3. The zero-order chi connectivity index (χ0) is 25.5. The van der Waals surface area contributed by atoms with Gasteiger partial charge < -0.3 is 15.0 Å². The number of aromatic nitrogens is 1. The van der Waals surface area contributed by atoms with Crippen molar-refractivity contribution in [3.8, 4) is 5.75 Å². The number of aliphatic imine (C=N–C) groups is 1. The predicted molar refractivity (Wildman–Crippen MR) is 129 cm³/mol. The lowest BCUT2D eigenvalue weighted by molar-refractivity contribution is -0.139. The van der Waals surface area contributed by atoms with Crippen molar-refractivity contribution in [2.45, 2.75) is 64.3 Å². The lowest BCUT2D eigenvalue weighted by atomic mass is 10.0. The largest absolute Gasteiger partial charge is 0.490 e. The highest BCUT2D eigenvalue weighted by Crippen LogP contribution is 2.37. The van der Waals surface area contributed by atoms with E-state index in [2.05, 4.69) is 17.2 Å². The van der Waals surface area contributed by atoms with E-state index in [-0.39, 0.29) is 17.8 Å². The smallest absolute Gasteiger partial charge is 0.419 e. The molecule has 0 aliphatic carbocycles. The van der Waals surface area contributed by atoms with E-state index in [1.54, 1.807) is 26.1 Å². The highest BCUT2D eigenvalue weighted by Gasteiger charge is 2.35. The van der Waals surface area contributed by atoms with Gasteiger partial charge in [0.15, 0.2) is 5.84 Å². The Balaban J connectivity index is 1.75. The number of amidine groups is 1. The Kier molecular flexibility index (Phi) is 8.75. The molecule has 1 aliphatic rings. The van der Waals surface area contributed by atoms with Crippen LogP contribution in [0.25, 0.3) is 0 Å². The number of amides is 1. The molecule has 3 rings (SSSR count). The van der Waals surface area contributed by atoms with Gasteiger partial charge in [-0.05, 0) is 44.5 Å². The summed E-state index contributed by atoms with van der Waals surface area (Å²) >= 11 is 0. The van der Waals surface area contributed by atoms with E-state index in [4.69, 9.17) is 9.73 Å². The molecule has 9 heteroatoms. The standard InChI is InChI=1S/C26H33F3N4O2/c1-4-5-15-31-24(34)25(2,3)32-23(21-11-8-9-16-30-21)33-17-13-19(14-18-33)35-22-12-7-6-10-20(22)26(27,28)29/h6-12,16,19H,4-5,13-15,17-18H2,1-3H3,(H,31,34)/b32-23+. The maximum absolute atomic E-state index is 13.3. The monoisotopic (exact) mass is 490 g/mol. The summed E-state index contributed by atoms with van der Waals surface area (Å²) in [5.74, 6) is 0.277. The van der Waals surface area contributed by atoms with Gasteiger partial charge in [0.2, 0.25) is 5.91 Å². The summed E-state index contributed by atoms with van der Waals surface area (Å²) in [4.78, 5) is 24.1. The number of unbranched alkanes of at least 4 members (excludes halogenated alkanes) is 1. The van der Waals surface area contributed by atoms with Crippen LogP contribution in [-0.2, 0) is 11.0 Å². The van der Waals surface area contributed by atoms with Gasteiger partial charge >= 0.3 is 6.18 Å². The number of pyridine rings is 1. The minimum absolute atomic E-state index is 0.151. The quantitative estimate of drug-likeness (QED) is 0.318. The van der Waals surface area contributed by atoms with Crippen LogP contribution in [0, 0.1) is 0 Å². The second kappa shape index (κ2) is 11.6. The van der Waals surface area contributed by atoms with Crippen molar-refractivity contribution < 1.29 is 22.7 Å². The second-order valence-electron chi connectivity index (χ2n) is 9.12. The van der Waals surface area contributed by atoms with Crippen LogP contribution < -0.4 is 10.1 Å². The Morgan fingerprint density at radius 2 is 1.83 bits per heavy atom. The number of piperidine rings is 1. The van der Waals surface area contributed by atoms with Crippen molar-refractivity contribution in [2.75, 3.05) is 19.6 Å². The summed E-state index contributed by atoms with van der Waals surface area (Å²) in [5.41, 5.74) is -1.14. The van der Waals surface area contributed by atoms with Gasteiger partial charge in [-0.1, -0.05) is 31.5 Å². The lowest BCUT2D eigenvalue weighted by Gasteiger charge is -2.35. The Labute approximate surface area is 204 Å². The average molecular weight is 491 g/mol. The van der Waals surface area contributed by atoms with Gasteiger partial charge in [-0.15, -0.1) is 0 Å². The van der Waals surface area contributed by atoms with Crippen LogP contribution >= 0.6 is 0 Å². The van der Waals surface area contributed by atoms with Crippen molar-refractivity contribution in [1.82, 2.24) is 15.2 Å². The molecule has 1 N–H and O–H groups in total. The van der Waals surface area contributed by atoms with Crippen molar-refractivity contribution >= 4 is 11.7 Å². The van der Waals surface area contributed by atoms with E-state index in [0.29, 0.717) is 44.0 Å². The first-order chi connectivity index (χ1) is 16.6. The number of carbonyl (C=O) groups is 1. The van der Waals surface area contributed by atoms with Crippen molar-refractivity contribution in [3.05, 3.63) is 59.9 Å². The van der Waals surface area contributed by atoms with Crippen LogP contribution in [0.2, 0.25) is 0 Å². The van der Waals surface area contributed by atoms with Gasteiger partial charge in [-0.2, -0.15) is 13.2 Å². The summed E-state index contributed by atoms with van der Waals surface area (Å²) in [7, 11) is 0. The van der Waals surface area contributed by atoms with Crippen LogP contribution in [0.4, 0.5) is 13.2 Å². The molecule has 1 saturated heterocycles. The number of nitrogens with one attached hydrogen (secondary N) is 1. The van der Waals surface area contributed by atoms with Crippen LogP contribution in [-0.4, -0.2) is 52.9 Å². The molecule has 1 aromatic carbocycles. The number of nitrogens with zero attached hydrogens (tertiary/aromatic N) is 3. The first kappa shape index (κ1) is 26.5. The predicted octanol–water partition coefficient (Wildman–Crippen LogP) is 5.09. The molecule has 2 aromatic rings. The third-order valence-electron chi connectivity index (χ3n) is 5.88. The molecule has 0 saturated carbocycles. The molecule has 0 unspecified atom stereocenters. The van der Waals surface area contributed by atoms with Gasteiger partial charge in [0, 0.05) is 38.7 Å². The summed E-state index contributed by atoms with van der Waals surface area (Å²) in [5, 5.41) is 2.94. The van der Waals surface area contributed by atoms with Crippen LogP contribution in [0.15, 0.2) is 53.7 Å². The maximum atomic E-state index is 13.3. The molecule has 1 aromatic heterocycles. The summed E-state index contributed by atoms with van der Waals surface area (Å²) in [6.45, 7) is 7.21. The molecule has 1 amide bonds. The zero-order valence-corrected chi connectivity index (χ0v) is 20.4. The Bertz CT molecular complexity index is 1000. The minimum atomic E-state index is -4.47. The first-order valence-corrected chi connectivity index (χ1v) is 12.0. The topological polar surface area (TPSA) is 66.8 Å². The number of para-hydroxylation sites is 1. The zero-order valence-electron chi connectivity index (χ0n) is 20.4. The molecule has 1 fully saturated rings. The molecule has 2 heterocycles. The van der Waals surface area contributed by atoms with Gasteiger partial charge in [0.1, 0.15) is 23.1 Å². The number of hydrogen-bond acceptors (Lipinski definition) is 4. The Morgan fingerprint density at radius 1 is 1.14 bits per heavy atom. The number of carbonyl (C=O) groups excluding carboxylic acids is 1. The van der Waals surface area contributed by atoms with Crippen molar-refractivity contribution in [1.29, 1.82) is 0 Å². The molecular weight excluding hydrogens is 457 g/mol. The number of alkyl halides is 3. The Hall–Kier alpha value is -3.10. The van der Waals surface area contributed by atoms with Crippen LogP contribution in [0.1, 0.15) is 57.7 Å². The summed E-state index contributed by atoms with van der Waals surface area (Å²) in [6.07, 6.45) is -0.257. The minimum Gasteiger partial charge on any atom is -0.490 e. The maximum Gasteiger partial charge on any atom is 0.419 e. The summed E-state index contributed by atoms with van der Waals surface area (Å²) in [6, 6.07) is 10.8. The normalized spacial score (nSPS) is 15.7. The number of likely N-dealkylation sites (tertiary alicyclic amines) is 1. The van der Waals surface area contributed by atoms with E-state index >= 15 is 0 Å². The van der Waals surface area contributed by atoms with E-state index in [1.807, 2.05) is 23.1 Å². The Morgan fingerprint density at radius 3 is 2.46 bits per heavy atom. The van der Waals surface area contributed by atoms with Gasteiger partial charge in [-0.3, -0.25) is 14.8 Å². The molecule has 0 atom stereocenters. The molecule has 0 radical (unpaired) electrons. The highest BCUT2D eigenvalue weighted by molar-refractivity contribution is 5.99. The molecular formula is C26H33F3N4O2. The fourth-order valence-electron chi connectivity index (χ4n) is 3.86. The molecule has 190 valence electrons. The van der Waals surface area contributed by atoms with Crippen LogP contribution in [0.5, 0.6) is 5.75 Å². The number of benzene rings is 1. The average Bonchev–Trinajstić information content (AvgIpc) is 2.83.